The molecule has 0 bridgehead atoms. The van der Waals surface area contributed by atoms with Crippen LogP contribution >= 0.6 is 0 Å². The Balaban J connectivity index is 0.872. The molecule has 10 aromatic carbocycles. The Labute approximate surface area is 402 Å². The van der Waals surface area contributed by atoms with Gasteiger partial charge in [-0.1, -0.05) is 194 Å². The van der Waals surface area contributed by atoms with Crippen LogP contribution in [0.1, 0.15) is 0 Å². The van der Waals surface area contributed by atoms with Crippen LogP contribution in [0.15, 0.2) is 245 Å². The quantitative estimate of drug-likeness (QED) is 0.149. The molecule has 0 aliphatic carbocycles. The first-order valence-electron chi connectivity index (χ1n) is 23.6. The summed E-state index contributed by atoms with van der Waals surface area (Å²) in [5, 5.41) is 7.74. The van der Waals surface area contributed by atoms with Gasteiger partial charge in [-0.2, -0.15) is 0 Å². The SMILES string of the molecule is c1ccc(-c2nc(-c3ccc(-c4cccc(-c5nc6ccccc6c6c(-c7ccccc7)c7c(cc56)oc5ccccc57)c4)cc3)cc(-c3cccc(-c4cccc5c4oc4ccccc45)c3)n2)cc1. The lowest BCUT2D eigenvalue weighted by molar-refractivity contribution is 0.669. The minimum Gasteiger partial charge on any atom is -0.456 e. The minimum absolute atomic E-state index is 0.667. The van der Waals surface area contributed by atoms with Crippen molar-refractivity contribution in [3.8, 4) is 78.5 Å². The first-order valence-corrected chi connectivity index (χ1v) is 23.6. The maximum atomic E-state index is 6.64. The van der Waals surface area contributed by atoms with Gasteiger partial charge in [-0.15, -0.1) is 0 Å². The molecule has 0 aliphatic heterocycles. The van der Waals surface area contributed by atoms with Crippen molar-refractivity contribution in [2.75, 3.05) is 0 Å². The van der Waals surface area contributed by atoms with E-state index in [0.29, 0.717) is 5.82 Å². The van der Waals surface area contributed by atoms with Gasteiger partial charge in [0.25, 0.3) is 0 Å². The van der Waals surface area contributed by atoms with Gasteiger partial charge in [-0.3, -0.25) is 0 Å². The molecule has 0 N–H and O–H groups in total. The first kappa shape index (κ1) is 39.7. The van der Waals surface area contributed by atoms with Gasteiger partial charge < -0.3 is 8.83 Å². The molecule has 0 radical (unpaired) electrons. The zero-order valence-electron chi connectivity index (χ0n) is 37.7. The highest BCUT2D eigenvalue weighted by atomic mass is 16.3. The highest BCUT2D eigenvalue weighted by Crippen LogP contribution is 2.47. The molecule has 0 saturated heterocycles. The fourth-order valence-corrected chi connectivity index (χ4v) is 10.4. The highest BCUT2D eigenvalue weighted by Gasteiger charge is 2.22. The van der Waals surface area contributed by atoms with Crippen molar-refractivity contribution in [2.45, 2.75) is 0 Å². The highest BCUT2D eigenvalue weighted by molar-refractivity contribution is 6.27. The number of nitrogens with zero attached hydrogens (tertiary/aromatic N) is 3. The summed E-state index contributed by atoms with van der Waals surface area (Å²) < 4.78 is 13.1. The van der Waals surface area contributed by atoms with E-state index >= 15 is 0 Å². The molecule has 0 spiro atoms. The second-order valence-electron chi connectivity index (χ2n) is 17.8. The molecule has 4 heterocycles. The molecule has 0 aliphatic rings. The van der Waals surface area contributed by atoms with Crippen LogP contribution in [0.25, 0.3) is 144 Å². The van der Waals surface area contributed by atoms with E-state index in [1.165, 1.54) is 0 Å². The molecule has 4 aromatic heterocycles. The second kappa shape index (κ2) is 16.1. The van der Waals surface area contributed by atoms with Gasteiger partial charge in [0.1, 0.15) is 22.3 Å². The van der Waals surface area contributed by atoms with Crippen molar-refractivity contribution < 1.29 is 8.83 Å². The van der Waals surface area contributed by atoms with Crippen LogP contribution in [-0.2, 0) is 0 Å². The average Bonchev–Trinajstić information content (AvgIpc) is 4.01. The Morgan fingerprint density at radius 3 is 1.66 bits per heavy atom. The van der Waals surface area contributed by atoms with Gasteiger partial charge in [0.05, 0.1) is 22.6 Å². The number of hydrogen-bond donors (Lipinski definition) is 0. The van der Waals surface area contributed by atoms with Crippen molar-refractivity contribution >= 4 is 65.6 Å². The summed E-state index contributed by atoms with van der Waals surface area (Å²) in [6.07, 6.45) is 0. The van der Waals surface area contributed by atoms with Crippen LogP contribution < -0.4 is 0 Å². The van der Waals surface area contributed by atoms with Gasteiger partial charge >= 0.3 is 0 Å². The topological polar surface area (TPSA) is 65.0 Å². The fraction of sp³-hybridized carbons (Fsp3) is 0. The molecule has 0 fully saturated rings. The zero-order valence-corrected chi connectivity index (χ0v) is 37.7. The largest absolute Gasteiger partial charge is 0.456 e. The Bertz CT molecular complexity index is 4340. The Kier molecular flexibility index (Phi) is 9.14. The number of hydrogen-bond acceptors (Lipinski definition) is 5. The summed E-state index contributed by atoms with van der Waals surface area (Å²) in [6, 6.07) is 82.5. The number of rotatable bonds is 7. The van der Waals surface area contributed by atoms with Crippen molar-refractivity contribution in [3.05, 3.63) is 237 Å². The van der Waals surface area contributed by atoms with Gasteiger partial charge in [0.2, 0.25) is 0 Å². The van der Waals surface area contributed by atoms with Crippen LogP contribution in [0.4, 0.5) is 0 Å². The Morgan fingerprint density at radius 2 is 0.857 bits per heavy atom. The third-order valence-electron chi connectivity index (χ3n) is 13.7. The van der Waals surface area contributed by atoms with Gasteiger partial charge in [0.15, 0.2) is 5.82 Å². The van der Waals surface area contributed by atoms with Crippen LogP contribution in [0.2, 0.25) is 0 Å². The lowest BCUT2D eigenvalue weighted by Crippen LogP contribution is -1.96. The van der Waals surface area contributed by atoms with E-state index in [9.17, 15) is 0 Å². The molecule has 0 amide bonds. The third kappa shape index (κ3) is 6.59. The fourth-order valence-electron chi connectivity index (χ4n) is 10.4. The molecule has 0 atom stereocenters. The summed E-state index contributed by atoms with van der Waals surface area (Å²) in [4.78, 5) is 15.8. The lowest BCUT2D eigenvalue weighted by atomic mass is 9.89. The maximum Gasteiger partial charge on any atom is 0.160 e. The number of fused-ring (bicyclic) bond motifs is 9. The summed E-state index contributed by atoms with van der Waals surface area (Å²) in [5.74, 6) is 0.667. The predicted octanol–water partition coefficient (Wildman–Crippen LogP) is 17.6. The van der Waals surface area contributed by atoms with E-state index in [0.717, 1.165) is 138 Å². The normalized spacial score (nSPS) is 11.7. The van der Waals surface area contributed by atoms with Crippen molar-refractivity contribution in [3.63, 3.8) is 0 Å². The van der Waals surface area contributed by atoms with Crippen LogP contribution in [0.3, 0.4) is 0 Å². The van der Waals surface area contributed by atoms with Gasteiger partial charge in [-0.05, 0) is 64.7 Å². The summed E-state index contributed by atoms with van der Waals surface area (Å²) >= 11 is 0. The molecule has 14 rings (SSSR count). The first-order chi connectivity index (χ1) is 34.7. The van der Waals surface area contributed by atoms with Crippen LogP contribution in [-0.4, -0.2) is 15.0 Å². The van der Waals surface area contributed by atoms with Crippen molar-refractivity contribution in [2.24, 2.45) is 0 Å². The number of furan rings is 2. The van der Waals surface area contributed by atoms with Crippen molar-refractivity contribution in [1.82, 2.24) is 15.0 Å². The third-order valence-corrected chi connectivity index (χ3v) is 13.7. The molecular formula is C65H39N3O2. The number of aromatic nitrogens is 3. The van der Waals surface area contributed by atoms with Crippen LogP contribution in [0.5, 0.6) is 0 Å². The van der Waals surface area contributed by atoms with Crippen LogP contribution in [0, 0.1) is 0 Å². The molecule has 70 heavy (non-hydrogen) atoms. The molecule has 5 heteroatoms. The van der Waals surface area contributed by atoms with E-state index < -0.39 is 0 Å². The standard InChI is InChI=1S/C65H39N3O2/c1-3-16-42(17-4-1)60-61-51-25-7-10-29-54(51)66-63(53(61)38-59-62(60)52-26-9-12-31-58(52)69-59)47-23-13-20-44(36-47)40-32-34-41(35-33-40)55-39-56(68-65(67-55)43-18-5-2-6-19-43)46-22-14-21-45(37-46)48-27-15-28-50-49-24-8-11-30-57(49)70-64(48)50/h1-39H. The maximum absolute atomic E-state index is 6.64. The van der Waals surface area contributed by atoms with E-state index in [1.54, 1.807) is 0 Å². The molecule has 0 saturated carbocycles. The predicted molar refractivity (Wildman–Crippen MR) is 287 cm³/mol. The molecule has 5 nitrogen and oxygen atoms in total. The zero-order chi connectivity index (χ0) is 46.1. The molecule has 326 valence electrons. The summed E-state index contributed by atoms with van der Waals surface area (Å²) in [6.45, 7) is 0. The molecular weight excluding hydrogens is 855 g/mol. The molecule has 0 unspecified atom stereocenters. The van der Waals surface area contributed by atoms with E-state index in [4.69, 9.17) is 23.8 Å². The van der Waals surface area contributed by atoms with E-state index in [1.807, 2.05) is 36.4 Å². The number of pyridine rings is 1. The monoisotopic (exact) mass is 893 g/mol. The van der Waals surface area contributed by atoms with Gasteiger partial charge in [0, 0.05) is 71.1 Å². The number of para-hydroxylation sites is 4. The average molecular weight is 894 g/mol. The minimum atomic E-state index is 0.667. The Hall–Kier alpha value is -9.45. The Morgan fingerprint density at radius 1 is 0.286 bits per heavy atom. The summed E-state index contributed by atoms with van der Waals surface area (Å²) in [7, 11) is 0. The van der Waals surface area contributed by atoms with E-state index in [-0.39, 0.29) is 0 Å². The van der Waals surface area contributed by atoms with Crippen molar-refractivity contribution in [1.29, 1.82) is 0 Å². The van der Waals surface area contributed by atoms with E-state index in [2.05, 4.69) is 200 Å². The summed E-state index contributed by atoms with van der Waals surface area (Å²) in [5.41, 5.74) is 17.5. The van der Waals surface area contributed by atoms with Gasteiger partial charge in [-0.25, -0.2) is 15.0 Å². The lowest BCUT2D eigenvalue weighted by Gasteiger charge is -2.16. The second-order valence-corrected chi connectivity index (χ2v) is 17.8. The number of benzene rings is 10. The smallest absolute Gasteiger partial charge is 0.160 e. The molecule has 14 aromatic rings.